The van der Waals surface area contributed by atoms with Crippen molar-refractivity contribution in [2.45, 2.75) is 18.5 Å². The second-order valence-electron chi connectivity index (χ2n) is 5.48. The second kappa shape index (κ2) is 4.94. The molecule has 1 amide bonds. The predicted molar refractivity (Wildman–Crippen MR) is 75.3 cm³/mol. The summed E-state index contributed by atoms with van der Waals surface area (Å²) in [5.74, 6) is 0.703. The van der Waals surface area contributed by atoms with Crippen LogP contribution < -0.4 is 16.2 Å². The smallest absolute Gasteiger partial charge is 0.221 e. The van der Waals surface area contributed by atoms with Gasteiger partial charge in [0.2, 0.25) is 5.91 Å². The molecule has 0 aliphatic carbocycles. The van der Waals surface area contributed by atoms with Gasteiger partial charge in [-0.1, -0.05) is 12.1 Å². The van der Waals surface area contributed by atoms with Gasteiger partial charge in [0.15, 0.2) is 0 Å². The summed E-state index contributed by atoms with van der Waals surface area (Å²) in [5.41, 5.74) is 8.41. The Bertz CT molecular complexity index is 638. The number of amides is 1. The third-order valence-electron chi connectivity index (χ3n) is 4.27. The number of nitrogens with one attached hydrogen (secondary N) is 3. The third kappa shape index (κ3) is 2.20. The van der Waals surface area contributed by atoms with Crippen molar-refractivity contribution in [2.75, 3.05) is 6.54 Å². The van der Waals surface area contributed by atoms with Crippen LogP contribution in [0.5, 0.6) is 0 Å². The standard InChI is InChI=1S/C14H16N6O/c21-13-5-11(12-6-16-19-14(12)18-13)9-1-3-10(4-2-9)20-8-15-7-17-20/h1-4,7-8,11-12,14,16,19H,5-6H2,(H,18,21). The van der Waals surface area contributed by atoms with Gasteiger partial charge in [-0.25, -0.2) is 15.1 Å². The van der Waals surface area contributed by atoms with Gasteiger partial charge in [0, 0.05) is 18.9 Å². The van der Waals surface area contributed by atoms with Crippen LogP contribution in [0.1, 0.15) is 17.9 Å². The number of aromatic nitrogens is 3. The van der Waals surface area contributed by atoms with E-state index in [0.717, 1.165) is 12.2 Å². The van der Waals surface area contributed by atoms with E-state index in [-0.39, 0.29) is 18.0 Å². The van der Waals surface area contributed by atoms with Gasteiger partial charge in [-0.2, -0.15) is 5.10 Å². The van der Waals surface area contributed by atoms with Crippen LogP contribution in [0.15, 0.2) is 36.9 Å². The van der Waals surface area contributed by atoms with Crippen molar-refractivity contribution < 1.29 is 4.79 Å². The van der Waals surface area contributed by atoms with Gasteiger partial charge in [-0.3, -0.25) is 10.2 Å². The maximum Gasteiger partial charge on any atom is 0.221 e. The summed E-state index contributed by atoms with van der Waals surface area (Å²) in [6.07, 6.45) is 3.74. The molecule has 21 heavy (non-hydrogen) atoms. The van der Waals surface area contributed by atoms with Gasteiger partial charge in [0.1, 0.15) is 12.7 Å². The van der Waals surface area contributed by atoms with Crippen LogP contribution in [0.3, 0.4) is 0 Å². The van der Waals surface area contributed by atoms with Crippen LogP contribution in [0.4, 0.5) is 0 Å². The van der Waals surface area contributed by atoms with Crippen molar-refractivity contribution >= 4 is 5.91 Å². The van der Waals surface area contributed by atoms with Crippen LogP contribution in [0.25, 0.3) is 5.69 Å². The summed E-state index contributed by atoms with van der Waals surface area (Å²) in [5, 5.41) is 7.09. The third-order valence-corrected chi connectivity index (χ3v) is 4.27. The monoisotopic (exact) mass is 284 g/mol. The SMILES string of the molecule is O=C1CC(c2ccc(-n3cncn3)cc2)C2CNNC2N1. The average Bonchev–Trinajstić information content (AvgIpc) is 3.17. The zero-order chi connectivity index (χ0) is 14.2. The summed E-state index contributed by atoms with van der Waals surface area (Å²) in [6.45, 7) is 0.862. The van der Waals surface area contributed by atoms with Gasteiger partial charge in [-0.05, 0) is 23.6 Å². The van der Waals surface area contributed by atoms with E-state index in [1.807, 2.05) is 12.1 Å². The van der Waals surface area contributed by atoms with E-state index in [4.69, 9.17) is 0 Å². The lowest BCUT2D eigenvalue weighted by Gasteiger charge is -2.33. The van der Waals surface area contributed by atoms with E-state index in [1.165, 1.54) is 11.9 Å². The molecule has 1 aromatic heterocycles. The highest BCUT2D eigenvalue weighted by Crippen LogP contribution is 2.34. The number of benzene rings is 1. The van der Waals surface area contributed by atoms with Crippen molar-refractivity contribution in [2.24, 2.45) is 5.92 Å². The zero-order valence-electron chi connectivity index (χ0n) is 11.4. The molecule has 0 radical (unpaired) electrons. The molecule has 2 aromatic rings. The molecule has 3 heterocycles. The van der Waals surface area contributed by atoms with Gasteiger partial charge < -0.3 is 5.32 Å². The lowest BCUT2D eigenvalue weighted by atomic mass is 9.79. The molecule has 0 bridgehead atoms. The number of hydrogen-bond acceptors (Lipinski definition) is 5. The molecular formula is C14H16N6O. The van der Waals surface area contributed by atoms with Crippen molar-refractivity contribution in [3.63, 3.8) is 0 Å². The first kappa shape index (κ1) is 12.5. The largest absolute Gasteiger partial charge is 0.339 e. The summed E-state index contributed by atoms with van der Waals surface area (Å²) < 4.78 is 1.72. The van der Waals surface area contributed by atoms with Crippen LogP contribution in [-0.2, 0) is 4.79 Å². The minimum absolute atomic E-state index is 0.0197. The highest BCUT2D eigenvalue weighted by Gasteiger charge is 2.40. The number of carbonyl (C=O) groups excluding carboxylic acids is 1. The minimum Gasteiger partial charge on any atom is -0.339 e. The minimum atomic E-state index is 0.0197. The lowest BCUT2D eigenvalue weighted by Crippen LogP contribution is -2.52. The van der Waals surface area contributed by atoms with Gasteiger partial charge in [0.05, 0.1) is 11.9 Å². The molecule has 1 aromatic carbocycles. The predicted octanol–water partition coefficient (Wildman–Crippen LogP) is -0.0791. The van der Waals surface area contributed by atoms with Crippen molar-refractivity contribution in [3.8, 4) is 5.69 Å². The molecule has 0 spiro atoms. The van der Waals surface area contributed by atoms with Crippen LogP contribution in [-0.4, -0.2) is 33.4 Å². The molecule has 108 valence electrons. The molecule has 2 saturated heterocycles. The van der Waals surface area contributed by atoms with Crippen molar-refractivity contribution in [3.05, 3.63) is 42.5 Å². The second-order valence-corrected chi connectivity index (χ2v) is 5.48. The van der Waals surface area contributed by atoms with Crippen molar-refractivity contribution in [1.29, 1.82) is 0 Å². The molecule has 7 nitrogen and oxygen atoms in total. The van der Waals surface area contributed by atoms with Gasteiger partial charge >= 0.3 is 0 Å². The number of fused-ring (bicyclic) bond motifs is 1. The fraction of sp³-hybridized carbons (Fsp3) is 0.357. The number of nitrogens with zero attached hydrogens (tertiary/aromatic N) is 3. The Morgan fingerprint density at radius 3 is 2.86 bits per heavy atom. The van der Waals surface area contributed by atoms with E-state index < -0.39 is 0 Å². The fourth-order valence-electron chi connectivity index (χ4n) is 3.19. The van der Waals surface area contributed by atoms with E-state index in [9.17, 15) is 4.79 Å². The maximum absolute atomic E-state index is 11.8. The highest BCUT2D eigenvalue weighted by atomic mass is 16.2. The Hall–Kier alpha value is -2.25. The molecule has 3 atom stereocenters. The number of hydrogen-bond donors (Lipinski definition) is 3. The van der Waals surface area contributed by atoms with E-state index in [2.05, 4.69) is 38.4 Å². The first-order valence-corrected chi connectivity index (χ1v) is 7.04. The molecular weight excluding hydrogens is 268 g/mol. The van der Waals surface area contributed by atoms with E-state index in [0.29, 0.717) is 12.3 Å². The topological polar surface area (TPSA) is 83.9 Å². The summed E-state index contributed by atoms with van der Waals surface area (Å²) >= 11 is 0. The molecule has 7 heteroatoms. The van der Waals surface area contributed by atoms with Crippen LogP contribution in [0, 0.1) is 5.92 Å². The maximum atomic E-state index is 11.8. The first-order chi connectivity index (χ1) is 10.3. The molecule has 4 rings (SSSR count). The number of rotatable bonds is 2. The molecule has 2 fully saturated rings. The molecule has 0 saturated carbocycles. The molecule has 2 aliphatic rings. The molecule has 2 aliphatic heterocycles. The Balaban J connectivity index is 1.62. The Labute approximate surface area is 121 Å². The van der Waals surface area contributed by atoms with Crippen LogP contribution >= 0.6 is 0 Å². The highest BCUT2D eigenvalue weighted by molar-refractivity contribution is 5.78. The Kier molecular flexibility index (Phi) is 2.94. The Morgan fingerprint density at radius 2 is 2.10 bits per heavy atom. The van der Waals surface area contributed by atoms with E-state index >= 15 is 0 Å². The lowest BCUT2D eigenvalue weighted by molar-refractivity contribution is -0.124. The van der Waals surface area contributed by atoms with Gasteiger partial charge in [-0.15, -0.1) is 0 Å². The number of hydrazine groups is 1. The Morgan fingerprint density at radius 1 is 1.24 bits per heavy atom. The average molecular weight is 284 g/mol. The van der Waals surface area contributed by atoms with E-state index in [1.54, 1.807) is 11.0 Å². The summed E-state index contributed by atoms with van der Waals surface area (Å²) in [4.78, 5) is 15.8. The van der Waals surface area contributed by atoms with Gasteiger partial charge in [0.25, 0.3) is 0 Å². The van der Waals surface area contributed by atoms with Crippen molar-refractivity contribution in [1.82, 2.24) is 30.9 Å². The fourth-order valence-corrected chi connectivity index (χ4v) is 3.19. The molecule has 3 unspecified atom stereocenters. The summed E-state index contributed by atoms with van der Waals surface area (Å²) in [7, 11) is 0. The zero-order valence-corrected chi connectivity index (χ0v) is 11.4. The number of carbonyl (C=O) groups is 1. The normalized spacial score (nSPS) is 28.2. The quantitative estimate of drug-likeness (QED) is 0.718. The summed E-state index contributed by atoms with van der Waals surface area (Å²) in [6, 6.07) is 8.19. The number of piperidine rings is 1. The first-order valence-electron chi connectivity index (χ1n) is 7.04. The molecule has 3 N–H and O–H groups in total. The van der Waals surface area contributed by atoms with Crippen LogP contribution in [0.2, 0.25) is 0 Å².